The van der Waals surface area contributed by atoms with Crippen LogP contribution in [-0.2, 0) is 0 Å². The molecule has 3 heteroatoms. The molecule has 25 heavy (non-hydrogen) atoms. The van der Waals surface area contributed by atoms with Crippen LogP contribution in [-0.4, -0.2) is 20.8 Å². The van der Waals surface area contributed by atoms with Gasteiger partial charge < -0.3 is 9.67 Å². The highest BCUT2D eigenvalue weighted by Gasteiger charge is 2.58. The molecule has 0 radical (unpaired) electrons. The topological polar surface area (TPSA) is 38.0 Å². The Labute approximate surface area is 151 Å². The van der Waals surface area contributed by atoms with E-state index in [0.29, 0.717) is 16.9 Å². The molecule has 4 aliphatic rings. The Morgan fingerprint density at radius 3 is 2.80 bits per heavy atom. The Kier molecular flexibility index (Phi) is 3.51. The third-order valence-electron chi connectivity index (χ3n) is 8.91. The van der Waals surface area contributed by atoms with E-state index in [1.807, 2.05) is 12.5 Å². The van der Waals surface area contributed by atoms with E-state index in [1.54, 1.807) is 5.57 Å². The molecule has 1 aromatic heterocycles. The maximum absolute atomic E-state index is 10.1. The normalized spacial score (nSPS) is 49.1. The summed E-state index contributed by atoms with van der Waals surface area (Å²) in [5.41, 5.74) is 2.37. The second-order valence-corrected chi connectivity index (χ2v) is 9.80. The molecular weight excluding hydrogens is 308 g/mol. The number of aliphatic hydroxyl groups excluding tert-OH is 1. The van der Waals surface area contributed by atoms with Gasteiger partial charge in [0, 0.05) is 18.4 Å². The van der Waals surface area contributed by atoms with Gasteiger partial charge in [0.05, 0.1) is 12.4 Å². The summed E-state index contributed by atoms with van der Waals surface area (Å²) in [6.45, 7) is 5.09. The fourth-order valence-corrected chi connectivity index (χ4v) is 7.56. The predicted molar refractivity (Wildman–Crippen MR) is 99.0 cm³/mol. The lowest BCUT2D eigenvalue weighted by molar-refractivity contribution is -0.0475. The summed E-state index contributed by atoms with van der Waals surface area (Å²) in [5.74, 6) is 2.52. The van der Waals surface area contributed by atoms with Crippen LogP contribution in [0.25, 0.3) is 0 Å². The highest BCUT2D eigenvalue weighted by Crippen LogP contribution is 2.67. The molecule has 0 bridgehead atoms. The lowest BCUT2D eigenvalue weighted by Gasteiger charge is -2.58. The molecule has 5 rings (SSSR count). The molecule has 1 unspecified atom stereocenters. The first-order valence-corrected chi connectivity index (χ1v) is 10.4. The number of hydrogen-bond donors (Lipinski definition) is 1. The van der Waals surface area contributed by atoms with Gasteiger partial charge in [0.15, 0.2) is 0 Å². The van der Waals surface area contributed by atoms with Crippen molar-refractivity contribution in [2.45, 2.75) is 77.4 Å². The van der Waals surface area contributed by atoms with Crippen LogP contribution in [0.3, 0.4) is 0 Å². The fraction of sp³-hybridized carbons (Fsp3) is 0.773. The zero-order valence-electron chi connectivity index (χ0n) is 15.7. The minimum absolute atomic E-state index is 0.0955. The van der Waals surface area contributed by atoms with E-state index in [-0.39, 0.29) is 6.10 Å². The Bertz CT molecular complexity index is 680. The smallest absolute Gasteiger partial charge is 0.0948 e. The molecule has 3 saturated carbocycles. The summed E-state index contributed by atoms with van der Waals surface area (Å²) >= 11 is 0. The first-order chi connectivity index (χ1) is 12.0. The highest BCUT2D eigenvalue weighted by molar-refractivity contribution is 5.25. The number of aromatic nitrogens is 2. The number of nitrogens with zero attached hydrogens (tertiary/aromatic N) is 2. The van der Waals surface area contributed by atoms with E-state index < -0.39 is 0 Å². The van der Waals surface area contributed by atoms with Gasteiger partial charge in [-0.2, -0.15) is 0 Å². The van der Waals surface area contributed by atoms with Crippen LogP contribution >= 0.6 is 0 Å². The van der Waals surface area contributed by atoms with E-state index in [4.69, 9.17) is 0 Å². The number of rotatable bonds is 1. The first-order valence-electron chi connectivity index (χ1n) is 10.4. The van der Waals surface area contributed by atoms with Gasteiger partial charge in [-0.25, -0.2) is 4.98 Å². The zero-order chi connectivity index (χ0) is 17.2. The average Bonchev–Trinajstić information content (AvgIpc) is 3.22. The molecule has 0 saturated heterocycles. The Balaban J connectivity index is 1.47. The van der Waals surface area contributed by atoms with Crippen LogP contribution < -0.4 is 0 Å². The van der Waals surface area contributed by atoms with Crippen molar-refractivity contribution >= 4 is 0 Å². The number of fused-ring (bicyclic) bond motifs is 5. The standard InChI is InChI=1S/C22H32N2O/c1-21-9-7-16(25)13-15(21)3-4-17-18-5-6-20(24-12-11-23-14-24)22(18,2)10-8-19(17)21/h3,11-12,14,16-20,25H,4-10,13H2,1-2H3/t16-,17-,18-,19-,20?,21-,22-/m0/s1. The quantitative estimate of drug-likeness (QED) is 0.749. The van der Waals surface area contributed by atoms with Crippen molar-refractivity contribution < 1.29 is 5.11 Å². The summed E-state index contributed by atoms with van der Waals surface area (Å²) in [7, 11) is 0. The van der Waals surface area contributed by atoms with Gasteiger partial charge in [-0.15, -0.1) is 0 Å². The molecule has 1 N–H and O–H groups in total. The first kappa shape index (κ1) is 16.1. The van der Waals surface area contributed by atoms with Crippen molar-refractivity contribution in [3.8, 4) is 0 Å². The highest BCUT2D eigenvalue weighted by atomic mass is 16.3. The SMILES string of the molecule is C[C@]12CC[C@H](O)CC1=CC[C@@H]1[C@@H]2CC[C@]2(C)C(n3ccnc3)CC[C@@H]12. The third kappa shape index (κ3) is 2.17. The average molecular weight is 341 g/mol. The third-order valence-corrected chi connectivity index (χ3v) is 8.91. The number of aliphatic hydroxyl groups is 1. The lowest BCUT2D eigenvalue weighted by Crippen LogP contribution is -2.50. The molecule has 0 spiro atoms. The van der Waals surface area contributed by atoms with Gasteiger partial charge in [0.1, 0.15) is 0 Å². The summed E-state index contributed by atoms with van der Waals surface area (Å²) in [6.07, 6.45) is 18.4. The van der Waals surface area contributed by atoms with Crippen molar-refractivity contribution in [1.29, 1.82) is 0 Å². The van der Waals surface area contributed by atoms with Gasteiger partial charge in [-0.05, 0) is 80.0 Å². The summed E-state index contributed by atoms with van der Waals surface area (Å²) in [5, 5.41) is 10.1. The van der Waals surface area contributed by atoms with E-state index in [0.717, 1.165) is 30.6 Å². The van der Waals surface area contributed by atoms with Crippen molar-refractivity contribution in [2.24, 2.45) is 28.6 Å². The van der Waals surface area contributed by atoms with Crippen LogP contribution in [0.5, 0.6) is 0 Å². The van der Waals surface area contributed by atoms with E-state index in [2.05, 4.69) is 35.7 Å². The molecule has 1 aromatic rings. The van der Waals surface area contributed by atoms with Crippen LogP contribution in [0.1, 0.15) is 71.3 Å². The van der Waals surface area contributed by atoms with Gasteiger partial charge in [-0.1, -0.05) is 25.5 Å². The van der Waals surface area contributed by atoms with Crippen LogP contribution in [0.2, 0.25) is 0 Å². The molecule has 3 nitrogen and oxygen atoms in total. The zero-order valence-corrected chi connectivity index (χ0v) is 15.7. The molecule has 1 heterocycles. The molecule has 3 fully saturated rings. The fourth-order valence-electron chi connectivity index (χ4n) is 7.56. The van der Waals surface area contributed by atoms with Crippen molar-refractivity contribution in [1.82, 2.24) is 9.55 Å². The van der Waals surface area contributed by atoms with Crippen molar-refractivity contribution in [2.75, 3.05) is 0 Å². The second kappa shape index (κ2) is 5.45. The maximum Gasteiger partial charge on any atom is 0.0948 e. The Morgan fingerprint density at radius 1 is 1.12 bits per heavy atom. The molecule has 0 aromatic carbocycles. The van der Waals surface area contributed by atoms with Crippen LogP contribution in [0.4, 0.5) is 0 Å². The van der Waals surface area contributed by atoms with E-state index >= 15 is 0 Å². The molecule has 136 valence electrons. The number of allylic oxidation sites excluding steroid dienone is 1. The van der Waals surface area contributed by atoms with Gasteiger partial charge >= 0.3 is 0 Å². The Hall–Kier alpha value is -1.09. The van der Waals surface area contributed by atoms with Crippen LogP contribution in [0.15, 0.2) is 30.4 Å². The predicted octanol–water partition coefficient (Wildman–Crippen LogP) is 4.75. The number of imidazole rings is 1. The minimum Gasteiger partial charge on any atom is -0.393 e. The number of hydrogen-bond acceptors (Lipinski definition) is 2. The van der Waals surface area contributed by atoms with Gasteiger partial charge in [0.2, 0.25) is 0 Å². The summed E-state index contributed by atoms with van der Waals surface area (Å²) in [4.78, 5) is 4.32. The largest absolute Gasteiger partial charge is 0.393 e. The molecule has 0 amide bonds. The van der Waals surface area contributed by atoms with E-state index in [9.17, 15) is 5.11 Å². The minimum atomic E-state index is -0.0955. The Morgan fingerprint density at radius 2 is 2.00 bits per heavy atom. The maximum atomic E-state index is 10.1. The van der Waals surface area contributed by atoms with E-state index in [1.165, 1.54) is 38.5 Å². The second-order valence-electron chi connectivity index (χ2n) is 9.80. The van der Waals surface area contributed by atoms with Crippen LogP contribution in [0, 0.1) is 28.6 Å². The summed E-state index contributed by atoms with van der Waals surface area (Å²) in [6, 6.07) is 0.632. The molecular formula is C22H32N2O. The van der Waals surface area contributed by atoms with Crippen molar-refractivity contribution in [3.05, 3.63) is 30.4 Å². The monoisotopic (exact) mass is 340 g/mol. The molecule has 4 aliphatic carbocycles. The van der Waals surface area contributed by atoms with Crippen molar-refractivity contribution in [3.63, 3.8) is 0 Å². The van der Waals surface area contributed by atoms with Gasteiger partial charge in [0.25, 0.3) is 0 Å². The molecule has 7 atom stereocenters. The van der Waals surface area contributed by atoms with Gasteiger partial charge in [-0.3, -0.25) is 0 Å². The lowest BCUT2D eigenvalue weighted by atomic mass is 9.48. The summed E-state index contributed by atoms with van der Waals surface area (Å²) < 4.78 is 2.39. The molecule has 0 aliphatic heterocycles.